The van der Waals surface area contributed by atoms with Gasteiger partial charge in [-0.05, 0) is 49.9 Å². The molecule has 160 valence electrons. The van der Waals surface area contributed by atoms with Crippen molar-refractivity contribution >= 4 is 5.91 Å². The molecule has 5 heteroatoms. The summed E-state index contributed by atoms with van der Waals surface area (Å²) in [5, 5.41) is 0. The Bertz CT molecular complexity index is 877. The number of carbonyl (C=O) groups is 1. The smallest absolute Gasteiger partial charge is 0.254 e. The number of piperidine rings is 1. The molecule has 2 fully saturated rings. The van der Waals surface area contributed by atoms with Gasteiger partial charge in [-0.3, -0.25) is 4.79 Å². The average molecular weight is 412 g/mol. The van der Waals surface area contributed by atoms with Gasteiger partial charge < -0.3 is 14.4 Å². The van der Waals surface area contributed by atoms with Crippen LogP contribution in [0.15, 0.2) is 48.5 Å². The second-order valence-corrected chi connectivity index (χ2v) is 8.42. The normalized spacial score (nSPS) is 23.5. The van der Waals surface area contributed by atoms with Crippen LogP contribution in [0.5, 0.6) is 0 Å². The standard InChI is InChI=1S/C25H30FNO3/c1-3-29-20-16-23(19-8-5-4-6-9-19)30-25(17-20)12-14-27(15-13-25)24(28)21-10-7-11-22(26)18(21)2/h4-11,20,23H,3,12-17H2,1-2H3. The Morgan fingerprint density at radius 3 is 2.60 bits per heavy atom. The number of likely N-dealkylation sites (tertiary alicyclic amines) is 1. The Hall–Kier alpha value is -2.24. The molecule has 2 heterocycles. The molecule has 0 radical (unpaired) electrons. The lowest BCUT2D eigenvalue weighted by Gasteiger charge is -2.49. The third-order valence-corrected chi connectivity index (χ3v) is 6.50. The first kappa shape index (κ1) is 21.0. The highest BCUT2D eigenvalue weighted by Crippen LogP contribution is 2.44. The van der Waals surface area contributed by atoms with Crippen molar-refractivity contribution in [3.8, 4) is 0 Å². The van der Waals surface area contributed by atoms with Crippen LogP contribution in [0.25, 0.3) is 0 Å². The Balaban J connectivity index is 1.48. The number of amides is 1. The van der Waals surface area contributed by atoms with E-state index in [-0.39, 0.29) is 29.5 Å². The van der Waals surface area contributed by atoms with Crippen molar-refractivity contribution in [1.82, 2.24) is 4.90 Å². The summed E-state index contributed by atoms with van der Waals surface area (Å²) in [6, 6.07) is 15.0. The summed E-state index contributed by atoms with van der Waals surface area (Å²) in [5.41, 5.74) is 1.75. The molecular weight excluding hydrogens is 381 g/mol. The van der Waals surface area contributed by atoms with Crippen LogP contribution >= 0.6 is 0 Å². The number of hydrogen-bond donors (Lipinski definition) is 0. The Morgan fingerprint density at radius 1 is 1.17 bits per heavy atom. The average Bonchev–Trinajstić information content (AvgIpc) is 2.76. The van der Waals surface area contributed by atoms with E-state index >= 15 is 0 Å². The number of halogens is 1. The van der Waals surface area contributed by atoms with Gasteiger partial charge in [0.25, 0.3) is 5.91 Å². The number of hydrogen-bond acceptors (Lipinski definition) is 3. The molecule has 0 N–H and O–H groups in total. The molecule has 1 spiro atoms. The first-order chi connectivity index (χ1) is 14.5. The Labute approximate surface area is 178 Å². The summed E-state index contributed by atoms with van der Waals surface area (Å²) in [7, 11) is 0. The van der Waals surface area contributed by atoms with Crippen molar-refractivity contribution in [2.24, 2.45) is 0 Å². The molecule has 2 aromatic carbocycles. The van der Waals surface area contributed by atoms with Gasteiger partial charge in [0.2, 0.25) is 0 Å². The van der Waals surface area contributed by atoms with Crippen molar-refractivity contribution in [3.05, 3.63) is 71.0 Å². The van der Waals surface area contributed by atoms with Crippen molar-refractivity contribution in [2.45, 2.75) is 57.3 Å². The monoisotopic (exact) mass is 411 g/mol. The molecule has 0 bridgehead atoms. The molecule has 2 unspecified atom stereocenters. The zero-order valence-corrected chi connectivity index (χ0v) is 17.8. The summed E-state index contributed by atoms with van der Waals surface area (Å²) in [6.07, 6.45) is 3.39. The minimum Gasteiger partial charge on any atom is -0.378 e. The molecule has 0 saturated carbocycles. The Kier molecular flexibility index (Phi) is 6.21. The molecule has 0 aliphatic carbocycles. The number of carbonyl (C=O) groups excluding carboxylic acids is 1. The number of rotatable bonds is 4. The molecule has 1 amide bonds. The second kappa shape index (κ2) is 8.86. The van der Waals surface area contributed by atoms with Crippen molar-refractivity contribution < 1.29 is 18.7 Å². The van der Waals surface area contributed by atoms with E-state index in [1.807, 2.05) is 30.0 Å². The fraction of sp³-hybridized carbons (Fsp3) is 0.480. The van der Waals surface area contributed by atoms with Crippen LogP contribution in [-0.2, 0) is 9.47 Å². The van der Waals surface area contributed by atoms with Crippen LogP contribution in [0.3, 0.4) is 0 Å². The molecule has 2 aliphatic heterocycles. The van der Waals surface area contributed by atoms with Gasteiger partial charge in [0.1, 0.15) is 5.82 Å². The van der Waals surface area contributed by atoms with Crippen LogP contribution < -0.4 is 0 Å². The van der Waals surface area contributed by atoms with E-state index in [1.165, 1.54) is 11.6 Å². The lowest BCUT2D eigenvalue weighted by molar-refractivity contribution is -0.190. The van der Waals surface area contributed by atoms with Gasteiger partial charge in [0.05, 0.1) is 17.8 Å². The van der Waals surface area contributed by atoms with Gasteiger partial charge in [-0.15, -0.1) is 0 Å². The fourth-order valence-corrected chi connectivity index (χ4v) is 4.82. The molecular formula is C25H30FNO3. The molecule has 4 rings (SSSR count). The predicted molar refractivity (Wildman–Crippen MR) is 114 cm³/mol. The van der Waals surface area contributed by atoms with E-state index in [4.69, 9.17) is 9.47 Å². The van der Waals surface area contributed by atoms with E-state index in [1.54, 1.807) is 19.1 Å². The van der Waals surface area contributed by atoms with Crippen LogP contribution in [0, 0.1) is 12.7 Å². The molecule has 2 aromatic rings. The highest BCUT2D eigenvalue weighted by Gasteiger charge is 2.45. The summed E-state index contributed by atoms with van der Waals surface area (Å²) >= 11 is 0. The third kappa shape index (κ3) is 4.28. The lowest BCUT2D eigenvalue weighted by atomic mass is 9.80. The molecule has 30 heavy (non-hydrogen) atoms. The van der Waals surface area contributed by atoms with Crippen LogP contribution in [-0.4, -0.2) is 42.2 Å². The first-order valence-electron chi connectivity index (χ1n) is 10.9. The Morgan fingerprint density at radius 2 is 1.90 bits per heavy atom. The minimum absolute atomic E-state index is 0.00390. The number of ether oxygens (including phenoxy) is 2. The van der Waals surface area contributed by atoms with Crippen molar-refractivity contribution in [3.63, 3.8) is 0 Å². The number of nitrogens with zero attached hydrogens (tertiary/aromatic N) is 1. The largest absolute Gasteiger partial charge is 0.378 e. The van der Waals surface area contributed by atoms with E-state index in [9.17, 15) is 9.18 Å². The van der Waals surface area contributed by atoms with Crippen molar-refractivity contribution in [1.29, 1.82) is 0 Å². The van der Waals surface area contributed by atoms with E-state index in [0.717, 1.165) is 25.7 Å². The molecule has 2 saturated heterocycles. The van der Waals surface area contributed by atoms with Gasteiger partial charge in [-0.2, -0.15) is 0 Å². The lowest BCUT2D eigenvalue weighted by Crippen LogP contribution is -2.52. The van der Waals surface area contributed by atoms with Crippen LogP contribution in [0.2, 0.25) is 0 Å². The summed E-state index contributed by atoms with van der Waals surface area (Å²) in [4.78, 5) is 14.8. The maximum absolute atomic E-state index is 13.9. The predicted octanol–water partition coefficient (Wildman–Crippen LogP) is 5.07. The third-order valence-electron chi connectivity index (χ3n) is 6.50. The van der Waals surface area contributed by atoms with Crippen LogP contribution in [0.4, 0.5) is 4.39 Å². The fourth-order valence-electron chi connectivity index (χ4n) is 4.82. The topological polar surface area (TPSA) is 38.8 Å². The van der Waals surface area contributed by atoms with Crippen LogP contribution in [0.1, 0.15) is 60.2 Å². The summed E-state index contributed by atoms with van der Waals surface area (Å²) in [5.74, 6) is -0.436. The van der Waals surface area contributed by atoms with Gasteiger partial charge in [-0.25, -0.2) is 4.39 Å². The first-order valence-corrected chi connectivity index (χ1v) is 10.9. The molecule has 4 nitrogen and oxygen atoms in total. The van der Waals surface area contributed by atoms with E-state index in [2.05, 4.69) is 12.1 Å². The van der Waals surface area contributed by atoms with E-state index < -0.39 is 0 Å². The summed E-state index contributed by atoms with van der Waals surface area (Å²) in [6.45, 7) is 5.59. The van der Waals surface area contributed by atoms with Crippen molar-refractivity contribution in [2.75, 3.05) is 19.7 Å². The highest BCUT2D eigenvalue weighted by molar-refractivity contribution is 5.95. The quantitative estimate of drug-likeness (QED) is 0.705. The van der Waals surface area contributed by atoms with Gasteiger partial charge in [0.15, 0.2) is 0 Å². The van der Waals surface area contributed by atoms with Gasteiger partial charge in [0, 0.05) is 38.1 Å². The molecule has 2 aliphatic rings. The maximum Gasteiger partial charge on any atom is 0.254 e. The summed E-state index contributed by atoms with van der Waals surface area (Å²) < 4.78 is 26.6. The molecule has 0 aromatic heterocycles. The minimum atomic E-state index is -0.338. The highest BCUT2D eigenvalue weighted by atomic mass is 19.1. The second-order valence-electron chi connectivity index (χ2n) is 8.42. The molecule has 2 atom stereocenters. The van der Waals surface area contributed by atoms with Gasteiger partial charge >= 0.3 is 0 Å². The number of benzene rings is 2. The van der Waals surface area contributed by atoms with Gasteiger partial charge in [-0.1, -0.05) is 36.4 Å². The zero-order chi connectivity index (χ0) is 21.1. The maximum atomic E-state index is 13.9. The zero-order valence-electron chi connectivity index (χ0n) is 17.8. The SMILES string of the molecule is CCOC1CC(c2ccccc2)OC2(CCN(C(=O)c3cccc(F)c3C)CC2)C1. The van der Waals surface area contributed by atoms with E-state index in [0.29, 0.717) is 30.8 Å².